The number of hydrogen-bond acceptors (Lipinski definition) is 3. The van der Waals surface area contributed by atoms with E-state index >= 15 is 0 Å². The van der Waals surface area contributed by atoms with Crippen LogP contribution in [0.4, 0.5) is 9.18 Å². The molecule has 0 saturated carbocycles. The minimum atomic E-state index is -0.397. The molecule has 3 amide bonds. The third-order valence-electron chi connectivity index (χ3n) is 3.98. The Labute approximate surface area is 164 Å². The van der Waals surface area contributed by atoms with Crippen LogP contribution in [0.25, 0.3) is 6.08 Å². The van der Waals surface area contributed by atoms with Gasteiger partial charge in [0.05, 0.1) is 4.47 Å². The van der Waals surface area contributed by atoms with Crippen molar-refractivity contribution in [2.45, 2.75) is 20.0 Å². The highest BCUT2D eigenvalue weighted by molar-refractivity contribution is 9.10. The zero-order valence-electron chi connectivity index (χ0n) is 14.7. The Morgan fingerprint density at radius 3 is 2.59 bits per heavy atom. The highest BCUT2D eigenvalue weighted by atomic mass is 79.9. The quantitative estimate of drug-likeness (QED) is 0.540. The Bertz CT molecular complexity index is 897. The van der Waals surface area contributed by atoms with E-state index in [9.17, 15) is 14.0 Å². The first-order valence-corrected chi connectivity index (χ1v) is 9.28. The Kier molecular flexibility index (Phi) is 5.91. The van der Waals surface area contributed by atoms with Crippen molar-refractivity contribution >= 4 is 33.9 Å². The molecule has 1 aliphatic rings. The molecule has 27 heavy (non-hydrogen) atoms. The molecule has 0 spiro atoms. The third-order valence-corrected chi connectivity index (χ3v) is 4.60. The van der Waals surface area contributed by atoms with Crippen LogP contribution in [0, 0.1) is 5.82 Å². The van der Waals surface area contributed by atoms with Crippen LogP contribution >= 0.6 is 15.9 Å². The monoisotopic (exact) mass is 432 g/mol. The average molecular weight is 433 g/mol. The molecule has 2 aromatic rings. The lowest BCUT2D eigenvalue weighted by atomic mass is 10.2. The van der Waals surface area contributed by atoms with Crippen LogP contribution < -0.4 is 10.1 Å². The van der Waals surface area contributed by atoms with Gasteiger partial charge in [0, 0.05) is 6.54 Å². The molecule has 0 unspecified atom stereocenters. The lowest BCUT2D eigenvalue weighted by Gasteiger charge is -2.09. The first-order valence-electron chi connectivity index (χ1n) is 8.49. The normalized spacial score (nSPS) is 15.4. The molecule has 1 N–H and O–H groups in total. The number of amides is 3. The molecule has 7 heteroatoms. The van der Waals surface area contributed by atoms with Crippen molar-refractivity contribution in [2.75, 3.05) is 6.54 Å². The lowest BCUT2D eigenvalue weighted by molar-refractivity contribution is -0.122. The first kappa shape index (κ1) is 19.1. The number of hydrogen-bond donors (Lipinski definition) is 1. The van der Waals surface area contributed by atoms with E-state index in [2.05, 4.69) is 21.2 Å². The number of nitrogens with zero attached hydrogens (tertiary/aromatic N) is 1. The van der Waals surface area contributed by atoms with Gasteiger partial charge in [-0.25, -0.2) is 9.18 Å². The molecule has 5 nitrogen and oxygen atoms in total. The second-order valence-corrected chi connectivity index (χ2v) is 6.90. The van der Waals surface area contributed by atoms with E-state index in [-0.39, 0.29) is 17.4 Å². The minimum absolute atomic E-state index is 0.250. The number of urea groups is 1. The summed E-state index contributed by atoms with van der Waals surface area (Å²) in [7, 11) is 0. The van der Waals surface area contributed by atoms with Crippen LogP contribution in [0.15, 0.2) is 52.6 Å². The van der Waals surface area contributed by atoms with E-state index in [1.807, 2.05) is 6.92 Å². The van der Waals surface area contributed by atoms with Crippen molar-refractivity contribution in [3.05, 3.63) is 69.6 Å². The molecule has 1 fully saturated rings. The zero-order chi connectivity index (χ0) is 19.4. The van der Waals surface area contributed by atoms with Crippen molar-refractivity contribution in [1.82, 2.24) is 10.2 Å². The zero-order valence-corrected chi connectivity index (χ0v) is 16.3. The van der Waals surface area contributed by atoms with Crippen molar-refractivity contribution in [1.29, 1.82) is 0 Å². The maximum atomic E-state index is 12.9. The van der Waals surface area contributed by atoms with Gasteiger partial charge in [-0.1, -0.05) is 25.1 Å². The predicted octanol–water partition coefficient (Wildman–Crippen LogP) is 4.47. The third kappa shape index (κ3) is 4.54. The molecule has 0 aromatic heterocycles. The van der Waals surface area contributed by atoms with E-state index in [1.54, 1.807) is 36.4 Å². The first-order chi connectivity index (χ1) is 13.0. The Balaban J connectivity index is 1.70. The van der Waals surface area contributed by atoms with Crippen molar-refractivity contribution in [3.63, 3.8) is 0 Å². The van der Waals surface area contributed by atoms with Crippen LogP contribution in [-0.2, 0) is 11.4 Å². The van der Waals surface area contributed by atoms with Gasteiger partial charge in [-0.3, -0.25) is 9.69 Å². The molecule has 0 bridgehead atoms. The molecule has 1 heterocycles. The molecular weight excluding hydrogens is 415 g/mol. The van der Waals surface area contributed by atoms with Gasteiger partial charge in [0.15, 0.2) is 0 Å². The van der Waals surface area contributed by atoms with Gasteiger partial charge >= 0.3 is 6.03 Å². The van der Waals surface area contributed by atoms with Gasteiger partial charge in [0.25, 0.3) is 5.91 Å². The highest BCUT2D eigenvalue weighted by Gasteiger charge is 2.32. The Morgan fingerprint density at radius 2 is 1.93 bits per heavy atom. The SMILES string of the molecule is CCCN1C(=O)N/C(=C/c2ccc(OCc3ccc(F)cc3)c(Br)c2)C1=O. The van der Waals surface area contributed by atoms with E-state index in [4.69, 9.17) is 4.74 Å². The fraction of sp³-hybridized carbons (Fsp3) is 0.200. The molecule has 140 valence electrons. The molecule has 0 atom stereocenters. The van der Waals surface area contributed by atoms with Gasteiger partial charge in [-0.05, 0) is 63.8 Å². The highest BCUT2D eigenvalue weighted by Crippen LogP contribution is 2.28. The van der Waals surface area contributed by atoms with Crippen LogP contribution in [0.1, 0.15) is 24.5 Å². The van der Waals surface area contributed by atoms with Crippen molar-refractivity contribution in [3.8, 4) is 5.75 Å². The second kappa shape index (κ2) is 8.35. The smallest absolute Gasteiger partial charge is 0.329 e. The molecule has 0 radical (unpaired) electrons. The maximum Gasteiger partial charge on any atom is 0.329 e. The molecule has 1 aliphatic heterocycles. The Morgan fingerprint density at radius 1 is 1.19 bits per heavy atom. The summed E-state index contributed by atoms with van der Waals surface area (Å²) in [6.45, 7) is 2.60. The predicted molar refractivity (Wildman–Crippen MR) is 103 cm³/mol. The van der Waals surface area contributed by atoms with Crippen molar-refractivity contribution in [2.24, 2.45) is 0 Å². The topological polar surface area (TPSA) is 58.6 Å². The van der Waals surface area contributed by atoms with E-state index in [0.29, 0.717) is 29.8 Å². The van der Waals surface area contributed by atoms with Gasteiger partial charge in [0.1, 0.15) is 23.9 Å². The van der Waals surface area contributed by atoms with E-state index in [1.165, 1.54) is 17.0 Å². The van der Waals surface area contributed by atoms with Crippen molar-refractivity contribution < 1.29 is 18.7 Å². The summed E-state index contributed by atoms with van der Waals surface area (Å²) in [6, 6.07) is 11.1. The molecular formula is C20H18BrFN2O3. The molecule has 2 aromatic carbocycles. The van der Waals surface area contributed by atoms with Gasteiger partial charge < -0.3 is 10.1 Å². The number of nitrogens with one attached hydrogen (secondary N) is 1. The summed E-state index contributed by atoms with van der Waals surface area (Å²) in [5.41, 5.74) is 1.85. The van der Waals surface area contributed by atoms with E-state index in [0.717, 1.165) is 11.1 Å². The number of benzene rings is 2. The van der Waals surface area contributed by atoms with Gasteiger partial charge in [0.2, 0.25) is 0 Å². The summed E-state index contributed by atoms with van der Waals surface area (Å²) < 4.78 is 19.4. The summed E-state index contributed by atoms with van der Waals surface area (Å²) in [4.78, 5) is 25.3. The summed E-state index contributed by atoms with van der Waals surface area (Å²) in [5, 5.41) is 2.59. The standard InChI is InChI=1S/C20H18BrFN2O3/c1-2-9-24-19(25)17(23-20(24)26)11-14-5-8-18(16(21)10-14)27-12-13-3-6-15(22)7-4-13/h3-8,10-11H,2,9,12H2,1H3,(H,23,26)/b17-11+. The number of ether oxygens (including phenoxy) is 1. The number of carbonyl (C=O) groups is 2. The van der Waals surface area contributed by atoms with Gasteiger partial charge in [-0.2, -0.15) is 0 Å². The summed E-state index contributed by atoms with van der Waals surface area (Å²) in [5.74, 6) is 0.00820. The molecule has 1 saturated heterocycles. The van der Waals surface area contributed by atoms with Crippen LogP contribution in [0.3, 0.4) is 0 Å². The van der Waals surface area contributed by atoms with E-state index < -0.39 is 6.03 Å². The van der Waals surface area contributed by atoms with Crippen LogP contribution in [-0.4, -0.2) is 23.4 Å². The Hall–Kier alpha value is -2.67. The number of halogens is 2. The fourth-order valence-electron chi connectivity index (χ4n) is 2.63. The summed E-state index contributed by atoms with van der Waals surface area (Å²) >= 11 is 3.45. The number of carbonyl (C=O) groups excluding carboxylic acids is 2. The molecule has 3 rings (SSSR count). The second-order valence-electron chi connectivity index (χ2n) is 6.05. The van der Waals surface area contributed by atoms with Gasteiger partial charge in [-0.15, -0.1) is 0 Å². The average Bonchev–Trinajstić information content (AvgIpc) is 2.90. The number of imide groups is 1. The molecule has 0 aliphatic carbocycles. The minimum Gasteiger partial charge on any atom is -0.488 e. The lowest BCUT2D eigenvalue weighted by Crippen LogP contribution is -2.31. The summed E-state index contributed by atoms with van der Waals surface area (Å²) in [6.07, 6.45) is 2.34. The largest absolute Gasteiger partial charge is 0.488 e. The van der Waals surface area contributed by atoms with Crippen LogP contribution in [0.2, 0.25) is 0 Å². The van der Waals surface area contributed by atoms with Crippen LogP contribution in [0.5, 0.6) is 5.75 Å². The number of rotatable bonds is 6. The fourth-order valence-corrected chi connectivity index (χ4v) is 3.14. The maximum absolute atomic E-state index is 12.9.